The second-order valence-corrected chi connectivity index (χ2v) is 6.47. The Labute approximate surface area is 168 Å². The molecule has 150 valence electrons. The van der Waals surface area contributed by atoms with Crippen LogP contribution < -0.4 is 9.47 Å². The van der Waals surface area contributed by atoms with Crippen LogP contribution in [0.15, 0.2) is 66.7 Å². The summed E-state index contributed by atoms with van der Waals surface area (Å²) in [6.07, 6.45) is 0.0629. The molecule has 6 nitrogen and oxygen atoms in total. The molecule has 0 amide bonds. The van der Waals surface area contributed by atoms with Crippen LogP contribution >= 0.6 is 0 Å². The lowest BCUT2D eigenvalue weighted by molar-refractivity contribution is -0.156. The van der Waals surface area contributed by atoms with E-state index in [0.717, 1.165) is 16.5 Å². The fourth-order valence-electron chi connectivity index (χ4n) is 2.95. The first-order chi connectivity index (χ1) is 14.1. The monoisotopic (exact) mass is 394 g/mol. The predicted molar refractivity (Wildman–Crippen MR) is 108 cm³/mol. The molecule has 1 atom stereocenters. The lowest BCUT2D eigenvalue weighted by atomic mass is 9.99. The van der Waals surface area contributed by atoms with Gasteiger partial charge in [0, 0.05) is 0 Å². The quantitative estimate of drug-likeness (QED) is 0.338. The van der Waals surface area contributed by atoms with Crippen LogP contribution in [0.1, 0.15) is 5.56 Å². The Kier molecular flexibility index (Phi) is 6.68. The molecule has 0 aliphatic heterocycles. The molecule has 1 N–H and O–H groups in total. The molecule has 29 heavy (non-hydrogen) atoms. The van der Waals surface area contributed by atoms with Crippen molar-refractivity contribution < 1.29 is 28.9 Å². The Bertz CT molecular complexity index is 980. The van der Waals surface area contributed by atoms with E-state index >= 15 is 0 Å². The zero-order chi connectivity index (χ0) is 20.6. The van der Waals surface area contributed by atoms with Crippen LogP contribution in [0, 0.1) is 5.92 Å². The van der Waals surface area contributed by atoms with E-state index in [2.05, 4.69) is 10.8 Å². The Morgan fingerprint density at radius 1 is 0.862 bits per heavy atom. The minimum Gasteiger partial charge on any atom is -0.490 e. The number of hydrogen-bond donors (Lipinski definition) is 1. The number of carboxylic acid groups (broad SMARTS) is 1. The number of hydrogen-bond acceptors (Lipinski definition) is 5. The highest BCUT2D eigenvalue weighted by Gasteiger charge is 2.27. The van der Waals surface area contributed by atoms with Crippen LogP contribution in [-0.4, -0.2) is 37.4 Å². The van der Waals surface area contributed by atoms with Crippen LogP contribution in [0.3, 0.4) is 0 Å². The summed E-state index contributed by atoms with van der Waals surface area (Å²) in [4.78, 5) is 22.7. The molecule has 3 aromatic rings. The van der Waals surface area contributed by atoms with Crippen molar-refractivity contribution >= 4 is 22.7 Å². The highest BCUT2D eigenvalue weighted by atomic mass is 16.5. The van der Waals surface area contributed by atoms with Gasteiger partial charge in [-0.2, -0.15) is 0 Å². The van der Waals surface area contributed by atoms with Gasteiger partial charge >= 0.3 is 11.9 Å². The van der Waals surface area contributed by atoms with Crippen molar-refractivity contribution in [3.8, 4) is 11.5 Å². The average molecular weight is 394 g/mol. The standard InChI is InChI=1S/C23H22O6/c1-27-23(26)21(22(24)25)14-16-6-9-19(10-7-16)28-12-13-29-20-11-8-17-4-2-3-5-18(17)15-20/h2-11,15,21H,12-14H2,1H3,(H,24,25). The molecular formula is C23H22O6. The second-order valence-electron chi connectivity index (χ2n) is 6.47. The normalized spacial score (nSPS) is 11.6. The van der Waals surface area contributed by atoms with Gasteiger partial charge in [-0.1, -0.05) is 42.5 Å². The van der Waals surface area contributed by atoms with Gasteiger partial charge in [-0.3, -0.25) is 9.59 Å². The van der Waals surface area contributed by atoms with Crippen LogP contribution in [0.5, 0.6) is 11.5 Å². The third-order valence-corrected chi connectivity index (χ3v) is 4.49. The Morgan fingerprint density at radius 2 is 1.48 bits per heavy atom. The van der Waals surface area contributed by atoms with E-state index in [9.17, 15) is 9.59 Å². The third-order valence-electron chi connectivity index (χ3n) is 4.49. The lowest BCUT2D eigenvalue weighted by Gasteiger charge is -2.11. The molecule has 6 heteroatoms. The van der Waals surface area contributed by atoms with Crippen LogP contribution in [0.25, 0.3) is 10.8 Å². The SMILES string of the molecule is COC(=O)C(Cc1ccc(OCCOc2ccc3ccccc3c2)cc1)C(=O)O. The minimum atomic E-state index is -1.22. The van der Waals surface area contributed by atoms with Crippen LogP contribution in [0.2, 0.25) is 0 Å². The van der Waals surface area contributed by atoms with Gasteiger partial charge in [0.05, 0.1) is 7.11 Å². The Hall–Kier alpha value is -3.54. The smallest absolute Gasteiger partial charge is 0.320 e. The molecule has 0 saturated heterocycles. The van der Waals surface area contributed by atoms with Crippen molar-refractivity contribution in [1.82, 2.24) is 0 Å². The maximum Gasteiger partial charge on any atom is 0.320 e. The average Bonchev–Trinajstić information content (AvgIpc) is 2.75. The van der Waals surface area contributed by atoms with E-state index in [1.807, 2.05) is 36.4 Å². The molecule has 3 aromatic carbocycles. The van der Waals surface area contributed by atoms with E-state index < -0.39 is 17.9 Å². The molecule has 0 spiro atoms. The summed E-state index contributed by atoms with van der Waals surface area (Å²) >= 11 is 0. The van der Waals surface area contributed by atoms with Crippen molar-refractivity contribution in [3.05, 3.63) is 72.3 Å². The number of aliphatic carboxylic acids is 1. The summed E-state index contributed by atoms with van der Waals surface area (Å²) in [5.74, 6) is -1.76. The summed E-state index contributed by atoms with van der Waals surface area (Å²) in [5, 5.41) is 11.4. The second kappa shape index (κ2) is 9.59. The van der Waals surface area contributed by atoms with Crippen LogP contribution in [0.4, 0.5) is 0 Å². The van der Waals surface area contributed by atoms with Crippen molar-refractivity contribution in [2.24, 2.45) is 5.92 Å². The van der Waals surface area contributed by atoms with E-state index in [-0.39, 0.29) is 6.42 Å². The molecule has 0 aliphatic carbocycles. The third kappa shape index (κ3) is 5.48. The van der Waals surface area contributed by atoms with Gasteiger partial charge in [-0.25, -0.2) is 0 Å². The number of ether oxygens (including phenoxy) is 3. The summed E-state index contributed by atoms with van der Waals surface area (Å²) in [6, 6.07) is 21.0. The van der Waals surface area contributed by atoms with Gasteiger partial charge in [0.2, 0.25) is 0 Å². The van der Waals surface area contributed by atoms with Gasteiger partial charge in [-0.15, -0.1) is 0 Å². The zero-order valence-corrected chi connectivity index (χ0v) is 16.0. The van der Waals surface area contributed by atoms with E-state index in [1.54, 1.807) is 24.3 Å². The number of carbonyl (C=O) groups is 2. The Balaban J connectivity index is 1.48. The number of esters is 1. The van der Waals surface area contributed by atoms with Crippen LogP contribution in [-0.2, 0) is 20.7 Å². The van der Waals surface area contributed by atoms with Gasteiger partial charge < -0.3 is 19.3 Å². The van der Waals surface area contributed by atoms with E-state index in [0.29, 0.717) is 24.5 Å². The molecule has 0 bridgehead atoms. The highest BCUT2D eigenvalue weighted by molar-refractivity contribution is 5.94. The zero-order valence-electron chi connectivity index (χ0n) is 16.0. The minimum absolute atomic E-state index is 0.0629. The number of methoxy groups -OCH3 is 1. The lowest BCUT2D eigenvalue weighted by Crippen LogP contribution is -2.27. The van der Waals surface area contributed by atoms with Crippen molar-refractivity contribution in [3.63, 3.8) is 0 Å². The Morgan fingerprint density at radius 3 is 2.14 bits per heavy atom. The number of fused-ring (bicyclic) bond motifs is 1. The highest BCUT2D eigenvalue weighted by Crippen LogP contribution is 2.21. The van der Waals surface area contributed by atoms with E-state index in [4.69, 9.17) is 14.6 Å². The van der Waals surface area contributed by atoms with Gasteiger partial charge in [-0.05, 0) is 47.0 Å². The summed E-state index contributed by atoms with van der Waals surface area (Å²) in [7, 11) is 1.18. The number of rotatable bonds is 9. The summed E-state index contributed by atoms with van der Waals surface area (Å²) in [5.41, 5.74) is 0.711. The number of carboxylic acids is 1. The summed E-state index contributed by atoms with van der Waals surface area (Å²) < 4.78 is 15.9. The molecule has 0 fully saturated rings. The van der Waals surface area contributed by atoms with Crippen molar-refractivity contribution in [1.29, 1.82) is 0 Å². The first-order valence-corrected chi connectivity index (χ1v) is 9.21. The van der Waals surface area contributed by atoms with E-state index in [1.165, 1.54) is 7.11 Å². The predicted octanol–water partition coefficient (Wildman–Crippen LogP) is 3.71. The fraction of sp³-hybridized carbons (Fsp3) is 0.217. The molecule has 0 aromatic heterocycles. The maximum atomic E-state index is 11.5. The topological polar surface area (TPSA) is 82.1 Å². The molecular weight excluding hydrogens is 372 g/mol. The maximum absolute atomic E-state index is 11.5. The van der Waals surface area contributed by atoms with Crippen molar-refractivity contribution in [2.75, 3.05) is 20.3 Å². The molecule has 3 rings (SSSR count). The largest absolute Gasteiger partial charge is 0.490 e. The number of benzene rings is 3. The van der Waals surface area contributed by atoms with Gasteiger partial charge in [0.15, 0.2) is 5.92 Å². The fourth-order valence-corrected chi connectivity index (χ4v) is 2.95. The molecule has 1 unspecified atom stereocenters. The molecule has 0 heterocycles. The summed E-state index contributed by atoms with van der Waals surface area (Å²) in [6.45, 7) is 0.760. The first kappa shape index (κ1) is 20.2. The molecule has 0 saturated carbocycles. The molecule has 0 radical (unpaired) electrons. The first-order valence-electron chi connectivity index (χ1n) is 9.21. The van der Waals surface area contributed by atoms with Gasteiger partial charge in [0.25, 0.3) is 0 Å². The van der Waals surface area contributed by atoms with Gasteiger partial charge in [0.1, 0.15) is 24.7 Å². The molecule has 0 aliphatic rings. The number of carbonyl (C=O) groups excluding carboxylic acids is 1. The van der Waals surface area contributed by atoms with Crippen molar-refractivity contribution in [2.45, 2.75) is 6.42 Å².